The highest BCUT2D eigenvalue weighted by molar-refractivity contribution is 5.94. The first-order chi connectivity index (χ1) is 9.56. The SMILES string of the molecule is CN(C)Cc1ccc(C(=O)N(C)Cc2cn[nH]c2)cc1. The number of amides is 1. The van der Waals surface area contributed by atoms with E-state index >= 15 is 0 Å². The van der Waals surface area contributed by atoms with Crippen molar-refractivity contribution >= 4 is 5.91 Å². The summed E-state index contributed by atoms with van der Waals surface area (Å²) in [6.45, 7) is 1.42. The van der Waals surface area contributed by atoms with Gasteiger partial charge in [0.15, 0.2) is 0 Å². The van der Waals surface area contributed by atoms with Crippen LogP contribution in [0.2, 0.25) is 0 Å². The molecule has 0 aliphatic rings. The van der Waals surface area contributed by atoms with Crippen molar-refractivity contribution in [3.05, 3.63) is 53.3 Å². The average molecular weight is 272 g/mol. The Balaban J connectivity index is 2.01. The highest BCUT2D eigenvalue weighted by atomic mass is 16.2. The molecular formula is C15H20N4O. The van der Waals surface area contributed by atoms with E-state index in [0.717, 1.165) is 12.1 Å². The molecule has 0 fully saturated rings. The fourth-order valence-electron chi connectivity index (χ4n) is 2.05. The molecule has 0 atom stereocenters. The minimum Gasteiger partial charge on any atom is -0.337 e. The zero-order valence-corrected chi connectivity index (χ0v) is 12.1. The number of nitrogens with one attached hydrogen (secondary N) is 1. The van der Waals surface area contributed by atoms with Crippen LogP contribution in [0.25, 0.3) is 0 Å². The lowest BCUT2D eigenvalue weighted by Gasteiger charge is -2.16. The molecule has 0 aliphatic carbocycles. The quantitative estimate of drug-likeness (QED) is 0.902. The van der Waals surface area contributed by atoms with Gasteiger partial charge in [-0.2, -0.15) is 5.10 Å². The molecule has 0 aliphatic heterocycles. The van der Waals surface area contributed by atoms with Gasteiger partial charge in [-0.25, -0.2) is 0 Å². The predicted octanol–water partition coefficient (Wildman–Crippen LogP) is 1.74. The number of carbonyl (C=O) groups is 1. The van der Waals surface area contributed by atoms with Gasteiger partial charge < -0.3 is 9.80 Å². The largest absolute Gasteiger partial charge is 0.337 e. The van der Waals surface area contributed by atoms with E-state index in [9.17, 15) is 4.79 Å². The molecule has 5 heteroatoms. The summed E-state index contributed by atoms with van der Waals surface area (Å²) < 4.78 is 0. The van der Waals surface area contributed by atoms with E-state index in [-0.39, 0.29) is 5.91 Å². The molecule has 2 aromatic rings. The van der Waals surface area contributed by atoms with Crippen molar-refractivity contribution in [2.75, 3.05) is 21.1 Å². The van der Waals surface area contributed by atoms with Gasteiger partial charge in [0.1, 0.15) is 0 Å². The first kappa shape index (κ1) is 14.3. The average Bonchev–Trinajstić information content (AvgIpc) is 2.91. The Kier molecular flexibility index (Phi) is 4.53. The van der Waals surface area contributed by atoms with Crippen molar-refractivity contribution in [3.8, 4) is 0 Å². The molecule has 20 heavy (non-hydrogen) atoms. The van der Waals surface area contributed by atoms with E-state index < -0.39 is 0 Å². The van der Waals surface area contributed by atoms with E-state index in [1.165, 1.54) is 5.56 Å². The molecule has 0 spiro atoms. The Morgan fingerprint density at radius 3 is 2.35 bits per heavy atom. The molecule has 0 saturated carbocycles. The summed E-state index contributed by atoms with van der Waals surface area (Å²) in [5.41, 5.74) is 2.90. The number of H-pyrrole nitrogens is 1. The number of aromatic amines is 1. The summed E-state index contributed by atoms with van der Waals surface area (Å²) >= 11 is 0. The van der Waals surface area contributed by atoms with Crippen LogP contribution in [0, 0.1) is 0 Å². The van der Waals surface area contributed by atoms with Crippen molar-refractivity contribution in [1.29, 1.82) is 0 Å². The van der Waals surface area contributed by atoms with Gasteiger partial charge in [-0.1, -0.05) is 12.1 Å². The molecule has 2 rings (SSSR count). The van der Waals surface area contributed by atoms with Crippen molar-refractivity contribution in [3.63, 3.8) is 0 Å². The smallest absolute Gasteiger partial charge is 0.253 e. The Bertz CT molecular complexity index is 546. The Labute approximate surface area is 119 Å². The minimum absolute atomic E-state index is 0.0163. The number of hydrogen-bond acceptors (Lipinski definition) is 3. The first-order valence-electron chi connectivity index (χ1n) is 6.53. The molecule has 1 N–H and O–H groups in total. The third-order valence-electron chi connectivity index (χ3n) is 3.02. The molecule has 1 aromatic carbocycles. The molecule has 1 heterocycles. The summed E-state index contributed by atoms with van der Waals surface area (Å²) in [4.78, 5) is 16.1. The topological polar surface area (TPSA) is 52.2 Å². The van der Waals surface area contributed by atoms with Gasteiger partial charge in [-0.05, 0) is 31.8 Å². The molecule has 5 nitrogen and oxygen atoms in total. The van der Waals surface area contributed by atoms with E-state index in [2.05, 4.69) is 15.1 Å². The van der Waals surface area contributed by atoms with Gasteiger partial charge in [0, 0.05) is 37.5 Å². The number of hydrogen-bond donors (Lipinski definition) is 1. The lowest BCUT2D eigenvalue weighted by molar-refractivity contribution is 0.0785. The van der Waals surface area contributed by atoms with Crippen LogP contribution in [-0.4, -0.2) is 47.0 Å². The fourth-order valence-corrected chi connectivity index (χ4v) is 2.05. The van der Waals surface area contributed by atoms with Crippen molar-refractivity contribution < 1.29 is 4.79 Å². The molecule has 0 unspecified atom stereocenters. The second-order valence-electron chi connectivity index (χ2n) is 5.20. The maximum Gasteiger partial charge on any atom is 0.253 e. The first-order valence-corrected chi connectivity index (χ1v) is 6.53. The number of carbonyl (C=O) groups excluding carboxylic acids is 1. The van der Waals surface area contributed by atoms with E-state index in [1.54, 1.807) is 24.3 Å². The number of aromatic nitrogens is 2. The maximum absolute atomic E-state index is 12.3. The van der Waals surface area contributed by atoms with E-state index in [4.69, 9.17) is 0 Å². The number of nitrogens with zero attached hydrogens (tertiary/aromatic N) is 3. The van der Waals surface area contributed by atoms with Crippen LogP contribution < -0.4 is 0 Å². The molecule has 106 valence electrons. The third kappa shape index (κ3) is 3.68. The van der Waals surface area contributed by atoms with E-state index in [0.29, 0.717) is 12.1 Å². The van der Waals surface area contributed by atoms with Gasteiger partial charge in [0.05, 0.1) is 6.20 Å². The summed E-state index contributed by atoms with van der Waals surface area (Å²) in [5.74, 6) is 0.0163. The number of benzene rings is 1. The standard InChI is InChI=1S/C15H20N4O/c1-18(2)10-12-4-6-14(7-5-12)15(20)19(3)11-13-8-16-17-9-13/h4-9H,10-11H2,1-3H3,(H,16,17). The van der Waals surface area contributed by atoms with Crippen LogP contribution >= 0.6 is 0 Å². The van der Waals surface area contributed by atoms with Gasteiger partial charge in [-0.3, -0.25) is 9.89 Å². The second-order valence-corrected chi connectivity index (χ2v) is 5.20. The van der Waals surface area contributed by atoms with Crippen LogP contribution in [0.4, 0.5) is 0 Å². The number of rotatable bonds is 5. The van der Waals surface area contributed by atoms with Gasteiger partial charge in [0.2, 0.25) is 0 Å². The Morgan fingerprint density at radius 1 is 1.10 bits per heavy atom. The summed E-state index contributed by atoms with van der Waals surface area (Å²) in [5, 5.41) is 6.63. The third-order valence-corrected chi connectivity index (χ3v) is 3.02. The molecule has 0 saturated heterocycles. The van der Waals surface area contributed by atoms with Crippen molar-refractivity contribution in [2.45, 2.75) is 13.1 Å². The molecule has 0 radical (unpaired) electrons. The van der Waals surface area contributed by atoms with Gasteiger partial charge in [-0.15, -0.1) is 0 Å². The van der Waals surface area contributed by atoms with Gasteiger partial charge >= 0.3 is 0 Å². The van der Waals surface area contributed by atoms with E-state index in [1.807, 2.05) is 38.4 Å². The zero-order chi connectivity index (χ0) is 14.5. The van der Waals surface area contributed by atoms with Crippen molar-refractivity contribution in [2.24, 2.45) is 0 Å². The lowest BCUT2D eigenvalue weighted by atomic mass is 10.1. The van der Waals surface area contributed by atoms with Crippen LogP contribution in [0.15, 0.2) is 36.7 Å². The summed E-state index contributed by atoms with van der Waals surface area (Å²) in [6.07, 6.45) is 3.52. The highest BCUT2D eigenvalue weighted by Crippen LogP contribution is 2.10. The molecular weight excluding hydrogens is 252 g/mol. The van der Waals surface area contributed by atoms with Crippen LogP contribution in [0.3, 0.4) is 0 Å². The fraction of sp³-hybridized carbons (Fsp3) is 0.333. The Hall–Kier alpha value is -2.14. The Morgan fingerprint density at radius 2 is 1.80 bits per heavy atom. The normalized spacial score (nSPS) is 10.8. The highest BCUT2D eigenvalue weighted by Gasteiger charge is 2.12. The van der Waals surface area contributed by atoms with Gasteiger partial charge in [0.25, 0.3) is 5.91 Å². The summed E-state index contributed by atoms with van der Waals surface area (Å²) in [6, 6.07) is 7.76. The van der Waals surface area contributed by atoms with Crippen LogP contribution in [0.5, 0.6) is 0 Å². The second kappa shape index (κ2) is 6.34. The predicted molar refractivity (Wildman–Crippen MR) is 78.2 cm³/mol. The zero-order valence-electron chi connectivity index (χ0n) is 12.1. The minimum atomic E-state index is 0.0163. The van der Waals surface area contributed by atoms with Crippen molar-refractivity contribution in [1.82, 2.24) is 20.0 Å². The molecule has 1 amide bonds. The summed E-state index contributed by atoms with van der Waals surface area (Å²) in [7, 11) is 5.85. The molecule has 0 bridgehead atoms. The lowest BCUT2D eigenvalue weighted by Crippen LogP contribution is -2.26. The molecule has 1 aromatic heterocycles. The van der Waals surface area contributed by atoms with Crippen LogP contribution in [0.1, 0.15) is 21.5 Å². The monoisotopic (exact) mass is 272 g/mol. The van der Waals surface area contributed by atoms with Crippen LogP contribution in [-0.2, 0) is 13.1 Å². The maximum atomic E-state index is 12.3.